The molecule has 17 heavy (non-hydrogen) atoms. The maximum atomic E-state index is 14.1. The Hall–Kier alpha value is -1.09. The Morgan fingerprint density at radius 1 is 1.41 bits per heavy atom. The standard InChI is InChI=1S/C14H21FN2/c1-2-9-17(12-4-5-12)14-6-3-11(7-8-16)10-13(14)15/h3,6,10,12H,2,4-5,7-9,16H2,1H3. The highest BCUT2D eigenvalue weighted by atomic mass is 19.1. The molecule has 1 saturated carbocycles. The van der Waals surface area contributed by atoms with Gasteiger partial charge in [0.15, 0.2) is 0 Å². The summed E-state index contributed by atoms with van der Waals surface area (Å²) < 4.78 is 14.1. The molecule has 0 radical (unpaired) electrons. The third kappa shape index (κ3) is 2.97. The molecule has 1 aromatic carbocycles. The van der Waals surface area contributed by atoms with Gasteiger partial charge in [-0.1, -0.05) is 13.0 Å². The van der Waals surface area contributed by atoms with E-state index in [-0.39, 0.29) is 5.82 Å². The molecule has 2 N–H and O–H groups in total. The van der Waals surface area contributed by atoms with Crippen LogP contribution < -0.4 is 10.6 Å². The summed E-state index contributed by atoms with van der Waals surface area (Å²) in [6.45, 7) is 3.65. The molecular formula is C14H21FN2. The lowest BCUT2D eigenvalue weighted by Crippen LogP contribution is -2.27. The van der Waals surface area contributed by atoms with Crippen LogP contribution in [0.3, 0.4) is 0 Å². The number of rotatable bonds is 6. The van der Waals surface area contributed by atoms with Gasteiger partial charge in [-0.3, -0.25) is 0 Å². The second-order valence-electron chi connectivity index (χ2n) is 4.75. The fourth-order valence-electron chi connectivity index (χ4n) is 2.23. The Kier molecular flexibility index (Phi) is 4.00. The largest absolute Gasteiger partial charge is 0.366 e. The molecule has 1 aliphatic rings. The maximum Gasteiger partial charge on any atom is 0.146 e. The highest BCUT2D eigenvalue weighted by Crippen LogP contribution is 2.33. The molecule has 2 rings (SSSR count). The van der Waals surface area contributed by atoms with Crippen LogP contribution in [0.2, 0.25) is 0 Å². The Bertz CT molecular complexity index is 374. The van der Waals surface area contributed by atoms with Crippen LogP contribution in [0.15, 0.2) is 18.2 Å². The highest BCUT2D eigenvalue weighted by Gasteiger charge is 2.29. The van der Waals surface area contributed by atoms with Gasteiger partial charge in [-0.2, -0.15) is 0 Å². The first-order chi connectivity index (χ1) is 8.26. The third-order valence-electron chi connectivity index (χ3n) is 3.21. The lowest BCUT2D eigenvalue weighted by molar-refractivity contribution is 0.611. The van der Waals surface area contributed by atoms with E-state index in [9.17, 15) is 4.39 Å². The molecule has 0 heterocycles. The molecule has 0 aromatic heterocycles. The number of halogens is 1. The number of nitrogens with two attached hydrogens (primary N) is 1. The smallest absolute Gasteiger partial charge is 0.146 e. The van der Waals surface area contributed by atoms with E-state index in [1.165, 1.54) is 12.8 Å². The second-order valence-corrected chi connectivity index (χ2v) is 4.75. The van der Waals surface area contributed by atoms with Crippen LogP contribution in [-0.2, 0) is 6.42 Å². The van der Waals surface area contributed by atoms with Crippen molar-refractivity contribution in [3.63, 3.8) is 0 Å². The van der Waals surface area contributed by atoms with Gasteiger partial charge in [-0.25, -0.2) is 4.39 Å². The zero-order valence-electron chi connectivity index (χ0n) is 10.5. The van der Waals surface area contributed by atoms with Gasteiger partial charge in [-0.05, 0) is 49.9 Å². The molecule has 1 aromatic rings. The Morgan fingerprint density at radius 3 is 2.71 bits per heavy atom. The number of anilines is 1. The van der Waals surface area contributed by atoms with Crippen LogP contribution in [0.25, 0.3) is 0 Å². The summed E-state index contributed by atoms with van der Waals surface area (Å²) in [6.07, 6.45) is 4.20. The average molecular weight is 236 g/mol. The molecule has 2 nitrogen and oxygen atoms in total. The van der Waals surface area contributed by atoms with Gasteiger partial charge < -0.3 is 10.6 Å². The molecule has 0 bridgehead atoms. The van der Waals surface area contributed by atoms with Crippen molar-refractivity contribution in [1.29, 1.82) is 0 Å². The third-order valence-corrected chi connectivity index (χ3v) is 3.21. The fourth-order valence-corrected chi connectivity index (χ4v) is 2.23. The minimum atomic E-state index is -0.101. The Labute approximate surface area is 103 Å². The molecule has 0 aliphatic heterocycles. The summed E-state index contributed by atoms with van der Waals surface area (Å²) in [5.41, 5.74) is 7.23. The van der Waals surface area contributed by atoms with Crippen molar-refractivity contribution in [2.75, 3.05) is 18.0 Å². The Balaban J connectivity index is 2.18. The monoisotopic (exact) mass is 236 g/mol. The van der Waals surface area contributed by atoms with E-state index in [1.54, 1.807) is 6.07 Å². The predicted octanol–water partition coefficient (Wildman–Crippen LogP) is 2.71. The SMILES string of the molecule is CCCN(c1ccc(CCN)cc1F)C1CC1. The Morgan fingerprint density at radius 2 is 2.18 bits per heavy atom. The second kappa shape index (κ2) is 5.50. The van der Waals surface area contributed by atoms with Crippen LogP contribution in [0.1, 0.15) is 31.7 Å². The van der Waals surface area contributed by atoms with Crippen molar-refractivity contribution in [3.05, 3.63) is 29.6 Å². The van der Waals surface area contributed by atoms with E-state index in [0.29, 0.717) is 12.6 Å². The minimum absolute atomic E-state index is 0.101. The van der Waals surface area contributed by atoms with E-state index in [4.69, 9.17) is 5.73 Å². The van der Waals surface area contributed by atoms with E-state index in [2.05, 4.69) is 11.8 Å². The molecule has 0 saturated heterocycles. The lowest BCUT2D eigenvalue weighted by Gasteiger charge is -2.24. The van der Waals surface area contributed by atoms with Gasteiger partial charge in [0.05, 0.1) is 5.69 Å². The molecule has 0 atom stereocenters. The zero-order chi connectivity index (χ0) is 12.3. The van der Waals surface area contributed by atoms with Crippen molar-refractivity contribution in [2.24, 2.45) is 5.73 Å². The first-order valence-corrected chi connectivity index (χ1v) is 6.51. The summed E-state index contributed by atoms with van der Waals surface area (Å²) in [4.78, 5) is 2.21. The van der Waals surface area contributed by atoms with Crippen LogP contribution >= 0.6 is 0 Å². The quantitative estimate of drug-likeness (QED) is 0.823. The first kappa shape index (κ1) is 12.4. The van der Waals surface area contributed by atoms with Gasteiger partial charge >= 0.3 is 0 Å². The van der Waals surface area contributed by atoms with Gasteiger partial charge in [0.1, 0.15) is 5.82 Å². The van der Waals surface area contributed by atoms with E-state index >= 15 is 0 Å². The van der Waals surface area contributed by atoms with Crippen molar-refractivity contribution >= 4 is 5.69 Å². The van der Waals surface area contributed by atoms with Gasteiger partial charge in [0.25, 0.3) is 0 Å². The molecule has 0 spiro atoms. The number of hydrogen-bond acceptors (Lipinski definition) is 2. The summed E-state index contributed by atoms with van der Waals surface area (Å²) in [5.74, 6) is -0.101. The van der Waals surface area contributed by atoms with Crippen LogP contribution in [0.5, 0.6) is 0 Å². The normalized spacial score (nSPS) is 15.0. The molecule has 94 valence electrons. The van der Waals surface area contributed by atoms with Crippen LogP contribution in [0.4, 0.5) is 10.1 Å². The number of nitrogens with zero attached hydrogens (tertiary/aromatic N) is 1. The van der Waals surface area contributed by atoms with Gasteiger partial charge in [0, 0.05) is 12.6 Å². The number of benzene rings is 1. The summed E-state index contributed by atoms with van der Waals surface area (Å²) in [7, 11) is 0. The van der Waals surface area contributed by atoms with Crippen molar-refractivity contribution < 1.29 is 4.39 Å². The van der Waals surface area contributed by atoms with E-state index in [0.717, 1.165) is 30.6 Å². The molecular weight excluding hydrogens is 215 g/mol. The summed E-state index contributed by atoms with van der Waals surface area (Å²) >= 11 is 0. The average Bonchev–Trinajstić information content (AvgIpc) is 3.11. The van der Waals surface area contributed by atoms with Gasteiger partial charge in [0.2, 0.25) is 0 Å². The molecule has 1 aliphatic carbocycles. The van der Waals surface area contributed by atoms with Crippen LogP contribution in [0, 0.1) is 5.82 Å². The van der Waals surface area contributed by atoms with E-state index in [1.807, 2.05) is 12.1 Å². The number of hydrogen-bond donors (Lipinski definition) is 1. The highest BCUT2D eigenvalue weighted by molar-refractivity contribution is 5.51. The topological polar surface area (TPSA) is 29.3 Å². The molecule has 0 amide bonds. The predicted molar refractivity (Wildman–Crippen MR) is 69.8 cm³/mol. The maximum absolute atomic E-state index is 14.1. The van der Waals surface area contributed by atoms with Crippen LogP contribution in [-0.4, -0.2) is 19.1 Å². The first-order valence-electron chi connectivity index (χ1n) is 6.51. The van der Waals surface area contributed by atoms with Crippen molar-refractivity contribution in [1.82, 2.24) is 0 Å². The molecule has 1 fully saturated rings. The summed E-state index contributed by atoms with van der Waals surface area (Å²) in [5, 5.41) is 0. The minimum Gasteiger partial charge on any atom is -0.366 e. The molecule has 3 heteroatoms. The van der Waals surface area contributed by atoms with Crippen molar-refractivity contribution in [3.8, 4) is 0 Å². The van der Waals surface area contributed by atoms with E-state index < -0.39 is 0 Å². The summed E-state index contributed by atoms with van der Waals surface area (Å²) in [6, 6.07) is 6.10. The van der Waals surface area contributed by atoms with Crippen molar-refractivity contribution in [2.45, 2.75) is 38.6 Å². The lowest BCUT2D eigenvalue weighted by atomic mass is 10.1. The molecule has 0 unspecified atom stereocenters. The fraction of sp³-hybridized carbons (Fsp3) is 0.571. The zero-order valence-corrected chi connectivity index (χ0v) is 10.5. The van der Waals surface area contributed by atoms with Gasteiger partial charge in [-0.15, -0.1) is 0 Å².